The van der Waals surface area contributed by atoms with E-state index in [1.54, 1.807) is 6.20 Å². The van der Waals surface area contributed by atoms with Crippen LogP contribution in [0.1, 0.15) is 24.1 Å². The number of sulfonamides is 1. The molecule has 1 saturated heterocycles. The molecule has 2 aromatic rings. The summed E-state index contributed by atoms with van der Waals surface area (Å²) in [5.41, 5.74) is 2.48. The van der Waals surface area contributed by atoms with Gasteiger partial charge in [0.15, 0.2) is 9.84 Å². The van der Waals surface area contributed by atoms with Gasteiger partial charge in [0.25, 0.3) is 0 Å². The van der Waals surface area contributed by atoms with Gasteiger partial charge in [-0.3, -0.25) is 0 Å². The van der Waals surface area contributed by atoms with Crippen LogP contribution in [-0.4, -0.2) is 43.5 Å². The molecular weight excluding hydrogens is 350 g/mol. The number of hydrogen-bond acceptors (Lipinski definition) is 5. The maximum Gasteiger partial charge on any atom is 0.211 e. The minimum atomic E-state index is -3.45. The molecule has 0 spiro atoms. The Balaban J connectivity index is 1.57. The monoisotopic (exact) mass is 371 g/mol. The first-order valence-electron chi connectivity index (χ1n) is 7.85. The molecular formula is C15H21N3O4S2. The largest absolute Gasteiger partial charge is 0.307 e. The first-order valence-corrected chi connectivity index (χ1v) is 11.3. The van der Waals surface area contributed by atoms with Crippen molar-refractivity contribution in [3.05, 3.63) is 35.8 Å². The van der Waals surface area contributed by atoms with Crippen molar-refractivity contribution in [2.24, 2.45) is 5.92 Å². The second-order valence-electron chi connectivity index (χ2n) is 6.35. The fourth-order valence-electron chi connectivity index (χ4n) is 2.97. The van der Waals surface area contributed by atoms with Gasteiger partial charge in [-0.15, -0.1) is 0 Å². The zero-order chi connectivity index (χ0) is 17.4. The highest BCUT2D eigenvalue weighted by Gasteiger charge is 2.28. The molecule has 24 heavy (non-hydrogen) atoms. The van der Waals surface area contributed by atoms with Crippen LogP contribution >= 0.6 is 0 Å². The highest BCUT2D eigenvalue weighted by Crippen LogP contribution is 2.22. The summed E-state index contributed by atoms with van der Waals surface area (Å²) < 4.78 is 51.5. The second-order valence-corrected chi connectivity index (χ2v) is 10.5. The molecule has 9 heteroatoms. The Morgan fingerprint density at radius 1 is 1.42 bits per heavy atom. The Hall–Kier alpha value is -1.45. The number of nitrogens with one attached hydrogen (secondary N) is 1. The summed E-state index contributed by atoms with van der Waals surface area (Å²) in [5, 5.41) is 0. The molecule has 0 amide bonds. The Morgan fingerprint density at radius 3 is 2.88 bits per heavy atom. The fourth-order valence-corrected chi connectivity index (χ4v) is 6.03. The van der Waals surface area contributed by atoms with Gasteiger partial charge in [-0.25, -0.2) is 26.5 Å². The maximum atomic E-state index is 12.1. The lowest BCUT2D eigenvalue weighted by Gasteiger charge is -2.08. The van der Waals surface area contributed by atoms with E-state index in [2.05, 4.69) is 9.71 Å². The Kier molecular flexibility index (Phi) is 4.67. The number of sulfone groups is 1. The van der Waals surface area contributed by atoms with E-state index in [-0.39, 0.29) is 29.7 Å². The minimum absolute atomic E-state index is 0.0515. The second kappa shape index (κ2) is 6.45. The topological polar surface area (TPSA) is 97.6 Å². The number of fused-ring (bicyclic) bond motifs is 1. The molecule has 1 aliphatic heterocycles. The molecule has 1 N–H and O–H groups in total. The van der Waals surface area contributed by atoms with Crippen molar-refractivity contribution in [1.82, 2.24) is 14.1 Å². The Bertz CT molecular complexity index is 948. The zero-order valence-electron chi connectivity index (χ0n) is 13.5. The molecule has 7 nitrogen and oxygen atoms in total. The quantitative estimate of drug-likeness (QED) is 0.813. The average molecular weight is 371 g/mol. The van der Waals surface area contributed by atoms with Crippen LogP contribution in [0.25, 0.3) is 5.65 Å². The van der Waals surface area contributed by atoms with Crippen LogP contribution in [0.2, 0.25) is 0 Å². The number of pyridine rings is 1. The molecule has 3 heterocycles. The lowest BCUT2D eigenvalue weighted by Crippen LogP contribution is -2.27. The standard InChI is InChI=1S/C15H21N3O4S2/c1-12-3-2-6-18-10-14(17-15(12)18)9-16-24(21,22)8-5-13-4-7-23(19,20)11-13/h2-3,6,10,13,16H,4-5,7-9,11H2,1H3. The van der Waals surface area contributed by atoms with E-state index in [1.807, 2.05) is 29.7 Å². The van der Waals surface area contributed by atoms with Gasteiger partial charge in [-0.05, 0) is 37.3 Å². The molecule has 132 valence electrons. The van der Waals surface area contributed by atoms with E-state index in [0.29, 0.717) is 18.5 Å². The summed E-state index contributed by atoms with van der Waals surface area (Å²) in [7, 11) is -6.41. The molecule has 2 aromatic heterocycles. The highest BCUT2D eigenvalue weighted by molar-refractivity contribution is 7.91. The van der Waals surface area contributed by atoms with Crippen LogP contribution in [0, 0.1) is 12.8 Å². The molecule has 1 atom stereocenters. The summed E-state index contributed by atoms with van der Waals surface area (Å²) in [6.45, 7) is 2.08. The smallest absolute Gasteiger partial charge is 0.211 e. The SMILES string of the molecule is Cc1cccn2cc(CNS(=O)(=O)CCC3CCS(=O)(=O)C3)nc12. The van der Waals surface area contributed by atoms with Crippen LogP contribution in [0.3, 0.4) is 0 Å². The van der Waals surface area contributed by atoms with E-state index in [0.717, 1.165) is 11.2 Å². The van der Waals surface area contributed by atoms with Crippen molar-refractivity contribution in [3.63, 3.8) is 0 Å². The van der Waals surface area contributed by atoms with Crippen molar-refractivity contribution in [3.8, 4) is 0 Å². The maximum absolute atomic E-state index is 12.1. The van der Waals surface area contributed by atoms with Crippen LogP contribution in [0.5, 0.6) is 0 Å². The Labute approximate surface area is 142 Å². The number of aromatic nitrogens is 2. The summed E-state index contributed by atoms with van der Waals surface area (Å²) >= 11 is 0. The lowest BCUT2D eigenvalue weighted by molar-refractivity contribution is 0.543. The number of aryl methyl sites for hydroxylation is 1. The first kappa shape index (κ1) is 17.4. The number of rotatable bonds is 6. The van der Waals surface area contributed by atoms with E-state index in [4.69, 9.17) is 0 Å². The van der Waals surface area contributed by atoms with Crippen LogP contribution in [0.4, 0.5) is 0 Å². The number of hydrogen-bond donors (Lipinski definition) is 1. The van der Waals surface area contributed by atoms with E-state index >= 15 is 0 Å². The predicted molar refractivity (Wildman–Crippen MR) is 91.9 cm³/mol. The van der Waals surface area contributed by atoms with Gasteiger partial charge >= 0.3 is 0 Å². The van der Waals surface area contributed by atoms with Crippen molar-refractivity contribution in [2.45, 2.75) is 26.3 Å². The molecule has 0 radical (unpaired) electrons. The normalized spacial score (nSPS) is 20.6. The third-order valence-corrected chi connectivity index (χ3v) is 7.52. The van der Waals surface area contributed by atoms with Crippen LogP contribution < -0.4 is 4.72 Å². The minimum Gasteiger partial charge on any atom is -0.307 e. The van der Waals surface area contributed by atoms with Gasteiger partial charge in [0, 0.05) is 12.4 Å². The van der Waals surface area contributed by atoms with Gasteiger partial charge in [-0.1, -0.05) is 6.07 Å². The lowest BCUT2D eigenvalue weighted by atomic mass is 10.1. The predicted octanol–water partition coefficient (Wildman–Crippen LogP) is 0.887. The van der Waals surface area contributed by atoms with Crippen LogP contribution in [0.15, 0.2) is 24.5 Å². The molecule has 1 fully saturated rings. The third kappa shape index (κ3) is 4.14. The van der Waals surface area contributed by atoms with E-state index in [1.165, 1.54) is 0 Å². The molecule has 0 aliphatic carbocycles. The molecule has 0 bridgehead atoms. The first-order chi connectivity index (χ1) is 11.2. The zero-order valence-corrected chi connectivity index (χ0v) is 15.1. The fraction of sp³-hybridized carbons (Fsp3) is 0.533. The summed E-state index contributed by atoms with van der Waals surface area (Å²) in [4.78, 5) is 4.43. The highest BCUT2D eigenvalue weighted by atomic mass is 32.2. The third-order valence-electron chi connectivity index (χ3n) is 4.32. The van der Waals surface area contributed by atoms with Crippen LogP contribution in [-0.2, 0) is 26.4 Å². The molecule has 0 aromatic carbocycles. The molecule has 0 saturated carbocycles. The summed E-state index contributed by atoms with van der Waals surface area (Å²) in [6.07, 6.45) is 4.60. The van der Waals surface area contributed by atoms with Crippen molar-refractivity contribution < 1.29 is 16.8 Å². The van der Waals surface area contributed by atoms with Crippen molar-refractivity contribution in [2.75, 3.05) is 17.3 Å². The molecule has 3 rings (SSSR count). The van der Waals surface area contributed by atoms with Gasteiger partial charge in [0.1, 0.15) is 5.65 Å². The van der Waals surface area contributed by atoms with E-state index < -0.39 is 19.9 Å². The average Bonchev–Trinajstić information content (AvgIpc) is 3.07. The van der Waals surface area contributed by atoms with E-state index in [9.17, 15) is 16.8 Å². The number of imidazole rings is 1. The number of nitrogens with zero attached hydrogens (tertiary/aromatic N) is 2. The Morgan fingerprint density at radius 2 is 2.21 bits per heavy atom. The summed E-state index contributed by atoms with van der Waals surface area (Å²) in [5.74, 6) is 0.170. The van der Waals surface area contributed by atoms with Crippen molar-refractivity contribution >= 4 is 25.5 Å². The van der Waals surface area contributed by atoms with Gasteiger partial charge < -0.3 is 4.40 Å². The van der Waals surface area contributed by atoms with Gasteiger partial charge in [-0.2, -0.15) is 0 Å². The molecule has 1 unspecified atom stereocenters. The van der Waals surface area contributed by atoms with Gasteiger partial charge in [0.05, 0.1) is 29.5 Å². The molecule has 1 aliphatic rings. The summed E-state index contributed by atoms with van der Waals surface area (Å²) in [6, 6.07) is 3.86. The van der Waals surface area contributed by atoms with Gasteiger partial charge in [0.2, 0.25) is 10.0 Å². The van der Waals surface area contributed by atoms with Crippen molar-refractivity contribution in [1.29, 1.82) is 0 Å².